The second-order valence-electron chi connectivity index (χ2n) is 3.22. The van der Waals surface area contributed by atoms with E-state index in [2.05, 4.69) is 11.3 Å². The van der Waals surface area contributed by atoms with Crippen molar-refractivity contribution in [1.82, 2.24) is 4.37 Å². The van der Waals surface area contributed by atoms with Crippen LogP contribution in [0.15, 0.2) is 0 Å². The normalized spacial score (nSPS) is 10.5. The Labute approximate surface area is 125 Å². The van der Waals surface area contributed by atoms with Crippen molar-refractivity contribution in [2.45, 2.75) is 19.8 Å². The van der Waals surface area contributed by atoms with Crippen molar-refractivity contribution in [3.05, 3.63) is 15.1 Å². The third kappa shape index (κ3) is 5.30. The van der Waals surface area contributed by atoms with Crippen LogP contribution in [0.5, 0.6) is 0 Å². The molecule has 0 aliphatic rings. The van der Waals surface area contributed by atoms with Gasteiger partial charge >= 0.3 is 0 Å². The fraction of sp³-hybridized carbons (Fsp3) is 0.600. The summed E-state index contributed by atoms with van der Waals surface area (Å²) in [4.78, 5) is 0.646. The molecule has 0 fully saturated rings. The third-order valence-electron chi connectivity index (χ3n) is 1.80. The van der Waals surface area contributed by atoms with E-state index in [0.717, 1.165) is 12.2 Å². The van der Waals surface area contributed by atoms with Crippen molar-refractivity contribution < 1.29 is 4.74 Å². The first-order valence-electron chi connectivity index (χ1n) is 5.22. The van der Waals surface area contributed by atoms with Gasteiger partial charge in [0.05, 0.1) is 6.61 Å². The van der Waals surface area contributed by atoms with Crippen molar-refractivity contribution in [1.29, 1.82) is 0 Å². The molecule has 2 nitrogen and oxygen atoms in total. The van der Waals surface area contributed by atoms with E-state index < -0.39 is 0 Å². The van der Waals surface area contributed by atoms with Gasteiger partial charge in [-0.3, -0.25) is 0 Å². The summed E-state index contributed by atoms with van der Waals surface area (Å²) in [5.74, 6) is 2.29. The number of rotatable bonds is 7. The van der Waals surface area contributed by atoms with E-state index in [1.807, 2.05) is 11.8 Å². The molecule has 7 heteroatoms. The van der Waals surface area contributed by atoms with Crippen LogP contribution >= 0.6 is 58.7 Å². The lowest BCUT2D eigenvalue weighted by atomic mass is 10.5. The molecule has 1 rings (SSSR count). The predicted molar refractivity (Wildman–Crippen MR) is 82.0 cm³/mol. The maximum atomic E-state index is 5.93. The average molecular weight is 330 g/mol. The van der Waals surface area contributed by atoms with Crippen LogP contribution in [0.3, 0.4) is 0 Å². The highest BCUT2D eigenvalue weighted by Crippen LogP contribution is 2.29. The lowest BCUT2D eigenvalue weighted by molar-refractivity contribution is 0.316. The van der Waals surface area contributed by atoms with E-state index in [0.29, 0.717) is 21.6 Å². The standard InChI is InChI=1S/C10H13Cl2NOS3/c1-2-5-16-6-3-4-14-10(15)8-7(11)9(12)13-17-8/h2-6H2,1H3. The molecule has 96 valence electrons. The maximum absolute atomic E-state index is 5.93. The number of hydrogen-bond donors (Lipinski definition) is 0. The fourth-order valence-corrected chi connectivity index (χ4v) is 3.30. The number of nitrogens with zero attached hydrogens (tertiary/aromatic N) is 1. The molecule has 0 saturated heterocycles. The third-order valence-corrected chi connectivity index (χ3v) is 5.32. The zero-order valence-corrected chi connectivity index (χ0v) is 13.3. The molecule has 1 aromatic heterocycles. The van der Waals surface area contributed by atoms with E-state index >= 15 is 0 Å². The molecule has 1 heterocycles. The van der Waals surface area contributed by atoms with Crippen molar-refractivity contribution in [2.24, 2.45) is 0 Å². The Kier molecular flexibility index (Phi) is 7.78. The minimum absolute atomic E-state index is 0.288. The summed E-state index contributed by atoms with van der Waals surface area (Å²) in [6.07, 6.45) is 2.19. The topological polar surface area (TPSA) is 22.1 Å². The van der Waals surface area contributed by atoms with Gasteiger partial charge in [-0.1, -0.05) is 30.1 Å². The Morgan fingerprint density at radius 2 is 2.24 bits per heavy atom. The van der Waals surface area contributed by atoms with Crippen molar-refractivity contribution in [3.63, 3.8) is 0 Å². The molecule has 0 spiro atoms. The van der Waals surface area contributed by atoms with E-state index in [1.54, 1.807) is 0 Å². The Morgan fingerprint density at radius 3 is 2.82 bits per heavy atom. The second kappa shape index (κ2) is 8.53. The van der Waals surface area contributed by atoms with Crippen LogP contribution in [-0.2, 0) is 4.74 Å². The Bertz CT molecular complexity index is 370. The zero-order valence-electron chi connectivity index (χ0n) is 9.37. The van der Waals surface area contributed by atoms with Crippen LogP contribution in [0, 0.1) is 0 Å². The summed E-state index contributed by atoms with van der Waals surface area (Å²) >= 11 is 19.9. The highest BCUT2D eigenvalue weighted by atomic mass is 35.5. The quantitative estimate of drug-likeness (QED) is 0.535. The second-order valence-corrected chi connectivity index (χ2v) is 6.32. The summed E-state index contributed by atoms with van der Waals surface area (Å²) in [6.45, 7) is 2.79. The van der Waals surface area contributed by atoms with Crippen LogP contribution < -0.4 is 0 Å². The van der Waals surface area contributed by atoms with Gasteiger partial charge < -0.3 is 4.74 Å². The first-order valence-corrected chi connectivity index (χ1v) is 8.31. The van der Waals surface area contributed by atoms with E-state index in [1.165, 1.54) is 23.7 Å². The molecular formula is C10H13Cl2NOS3. The Hall–Kier alpha value is 0.450. The molecular weight excluding hydrogens is 317 g/mol. The van der Waals surface area contributed by atoms with Crippen molar-refractivity contribution >= 4 is 63.8 Å². The van der Waals surface area contributed by atoms with Crippen molar-refractivity contribution in [3.8, 4) is 0 Å². The largest absolute Gasteiger partial charge is 0.482 e. The monoisotopic (exact) mass is 329 g/mol. The number of thioether (sulfide) groups is 1. The van der Waals surface area contributed by atoms with Gasteiger partial charge in [-0.15, -0.1) is 0 Å². The Balaban J connectivity index is 2.24. The highest BCUT2D eigenvalue weighted by Gasteiger charge is 2.14. The number of hydrogen-bond acceptors (Lipinski definition) is 5. The van der Waals surface area contributed by atoms with Gasteiger partial charge in [-0.05, 0) is 48.1 Å². The molecule has 0 saturated carbocycles. The van der Waals surface area contributed by atoms with Crippen LogP contribution in [0.4, 0.5) is 0 Å². The smallest absolute Gasteiger partial charge is 0.204 e. The van der Waals surface area contributed by atoms with Gasteiger partial charge in [0.1, 0.15) is 9.90 Å². The molecule has 0 amide bonds. The van der Waals surface area contributed by atoms with Crippen molar-refractivity contribution in [2.75, 3.05) is 18.1 Å². The molecule has 0 N–H and O–H groups in total. The minimum atomic E-state index is 0.288. The zero-order chi connectivity index (χ0) is 12.7. The number of thiocarbonyl (C=S) groups is 1. The first-order chi connectivity index (χ1) is 8.16. The lowest BCUT2D eigenvalue weighted by Crippen LogP contribution is -2.04. The maximum Gasteiger partial charge on any atom is 0.204 e. The summed E-state index contributed by atoms with van der Waals surface area (Å²) in [5.41, 5.74) is 0. The number of aromatic nitrogens is 1. The Morgan fingerprint density at radius 1 is 1.47 bits per heavy atom. The molecule has 0 atom stereocenters. The molecule has 0 unspecified atom stereocenters. The number of ether oxygens (including phenoxy) is 1. The summed E-state index contributed by atoms with van der Waals surface area (Å²) < 4.78 is 9.36. The van der Waals surface area contributed by atoms with Crippen LogP contribution in [0.2, 0.25) is 10.2 Å². The SMILES string of the molecule is CCCSCCCOC(=S)c1snc(Cl)c1Cl. The van der Waals surface area contributed by atoms with Gasteiger partial charge in [0.15, 0.2) is 5.15 Å². The number of halogens is 2. The first kappa shape index (κ1) is 15.5. The van der Waals surface area contributed by atoms with Gasteiger partial charge in [0.25, 0.3) is 0 Å². The molecule has 17 heavy (non-hydrogen) atoms. The molecule has 1 aromatic rings. The lowest BCUT2D eigenvalue weighted by Gasteiger charge is -2.05. The average Bonchev–Trinajstić information content (AvgIpc) is 2.64. The predicted octanol–water partition coefficient (Wildman–Crippen LogP) is 4.68. The highest BCUT2D eigenvalue weighted by molar-refractivity contribution is 7.99. The molecule has 0 bridgehead atoms. The van der Waals surface area contributed by atoms with Crippen LogP contribution in [0.25, 0.3) is 0 Å². The minimum Gasteiger partial charge on any atom is -0.482 e. The summed E-state index contributed by atoms with van der Waals surface area (Å²) in [7, 11) is 0. The van der Waals surface area contributed by atoms with Gasteiger partial charge in [0.2, 0.25) is 5.05 Å². The van der Waals surface area contributed by atoms with Gasteiger partial charge in [-0.2, -0.15) is 16.1 Å². The molecule has 0 aromatic carbocycles. The molecule has 0 radical (unpaired) electrons. The van der Waals surface area contributed by atoms with E-state index in [-0.39, 0.29) is 5.15 Å². The van der Waals surface area contributed by atoms with Crippen LogP contribution in [-0.4, -0.2) is 27.5 Å². The molecule has 0 aliphatic carbocycles. The molecule has 0 aliphatic heterocycles. The van der Waals surface area contributed by atoms with E-state index in [9.17, 15) is 0 Å². The fourth-order valence-electron chi connectivity index (χ4n) is 1.02. The summed E-state index contributed by atoms with van der Waals surface area (Å²) in [5, 5.41) is 1.07. The van der Waals surface area contributed by atoms with Gasteiger partial charge in [0, 0.05) is 0 Å². The van der Waals surface area contributed by atoms with Gasteiger partial charge in [-0.25, -0.2) is 0 Å². The summed E-state index contributed by atoms with van der Waals surface area (Å²) in [6, 6.07) is 0. The van der Waals surface area contributed by atoms with E-state index in [4.69, 9.17) is 40.2 Å². The van der Waals surface area contributed by atoms with Crippen LogP contribution in [0.1, 0.15) is 24.6 Å².